The second-order valence-electron chi connectivity index (χ2n) is 7.90. The molecule has 2 N–H and O–H groups in total. The van der Waals surface area contributed by atoms with Crippen LogP contribution in [0.3, 0.4) is 0 Å². The first-order valence-corrected chi connectivity index (χ1v) is 10.2. The van der Waals surface area contributed by atoms with E-state index in [9.17, 15) is 9.59 Å². The third-order valence-electron chi connectivity index (χ3n) is 4.31. The van der Waals surface area contributed by atoms with Crippen LogP contribution in [0.1, 0.15) is 32.4 Å². The molecular formula is C24H24ClN3O3. The molecule has 0 bridgehead atoms. The number of halogens is 1. The van der Waals surface area contributed by atoms with Crippen molar-refractivity contribution >= 4 is 29.3 Å². The van der Waals surface area contributed by atoms with Gasteiger partial charge in [0.15, 0.2) is 0 Å². The van der Waals surface area contributed by atoms with E-state index in [2.05, 4.69) is 15.6 Å². The zero-order valence-corrected chi connectivity index (χ0v) is 18.3. The first-order chi connectivity index (χ1) is 14.7. The molecule has 7 heteroatoms. The van der Waals surface area contributed by atoms with Crippen LogP contribution in [-0.4, -0.2) is 22.6 Å². The predicted molar refractivity (Wildman–Crippen MR) is 122 cm³/mol. The first kappa shape index (κ1) is 22.3. The fourth-order valence-corrected chi connectivity index (χ4v) is 3.17. The van der Waals surface area contributed by atoms with Crippen LogP contribution in [0.15, 0.2) is 73.1 Å². The highest BCUT2D eigenvalue weighted by Crippen LogP contribution is 2.26. The van der Waals surface area contributed by atoms with Gasteiger partial charge in [0.25, 0.3) is 5.91 Å². The maximum absolute atomic E-state index is 13.1. The Morgan fingerprint density at radius 3 is 2.16 bits per heavy atom. The molecule has 3 aromatic rings. The Hall–Kier alpha value is -3.38. The van der Waals surface area contributed by atoms with Crippen LogP contribution >= 0.6 is 11.6 Å². The van der Waals surface area contributed by atoms with Gasteiger partial charge in [-0.3, -0.25) is 9.78 Å². The number of nitrogens with zero attached hydrogens (tertiary/aromatic N) is 1. The summed E-state index contributed by atoms with van der Waals surface area (Å²) in [6.07, 6.45) is 2.74. The van der Waals surface area contributed by atoms with E-state index in [1.807, 2.05) is 24.3 Å². The molecule has 1 atom stereocenters. The number of anilines is 1. The fraction of sp³-hybridized carbons (Fsp3) is 0.208. The SMILES string of the molecule is CC(C)(C)OC(=O)N[C@H](C(=O)Nc1ccc(-c2ccncc2)cc1)c1ccccc1Cl. The molecule has 0 aliphatic rings. The van der Waals surface area contributed by atoms with Gasteiger partial charge in [-0.2, -0.15) is 0 Å². The molecule has 6 nitrogen and oxygen atoms in total. The Kier molecular flexibility index (Phi) is 6.92. The van der Waals surface area contributed by atoms with Crippen molar-refractivity contribution in [2.24, 2.45) is 0 Å². The number of carbonyl (C=O) groups excluding carboxylic acids is 2. The van der Waals surface area contributed by atoms with Gasteiger partial charge < -0.3 is 15.4 Å². The highest BCUT2D eigenvalue weighted by atomic mass is 35.5. The number of carbonyl (C=O) groups is 2. The number of hydrogen-bond donors (Lipinski definition) is 2. The Bertz CT molecular complexity index is 1050. The third kappa shape index (κ3) is 6.30. The van der Waals surface area contributed by atoms with Gasteiger partial charge in [0, 0.05) is 28.7 Å². The summed E-state index contributed by atoms with van der Waals surface area (Å²) in [4.78, 5) is 29.4. The van der Waals surface area contributed by atoms with E-state index in [4.69, 9.17) is 16.3 Å². The second kappa shape index (κ2) is 9.62. The molecule has 160 valence electrons. The standard InChI is InChI=1S/C24H24ClN3O3/c1-24(2,3)31-23(30)28-21(19-6-4-5-7-20(19)25)22(29)27-18-10-8-16(9-11-18)17-12-14-26-15-13-17/h4-15,21H,1-3H3,(H,27,29)(H,28,30)/t21-/m0/s1. The number of benzene rings is 2. The van der Waals surface area contributed by atoms with Crippen LogP contribution in [0.25, 0.3) is 11.1 Å². The maximum Gasteiger partial charge on any atom is 0.408 e. The largest absolute Gasteiger partial charge is 0.444 e. The lowest BCUT2D eigenvalue weighted by atomic mass is 10.1. The van der Waals surface area contributed by atoms with Crippen molar-refractivity contribution in [1.82, 2.24) is 10.3 Å². The van der Waals surface area contributed by atoms with Crippen LogP contribution in [0.4, 0.5) is 10.5 Å². The molecule has 31 heavy (non-hydrogen) atoms. The summed E-state index contributed by atoms with van der Waals surface area (Å²) in [6, 6.07) is 17.0. The van der Waals surface area contributed by atoms with E-state index in [1.165, 1.54) is 0 Å². The molecule has 0 radical (unpaired) electrons. The minimum atomic E-state index is -1.02. The van der Waals surface area contributed by atoms with Crippen LogP contribution in [-0.2, 0) is 9.53 Å². The molecule has 2 aromatic carbocycles. The topological polar surface area (TPSA) is 80.3 Å². The lowest BCUT2D eigenvalue weighted by molar-refractivity contribution is -0.118. The van der Waals surface area contributed by atoms with Gasteiger partial charge in [-0.1, -0.05) is 41.9 Å². The fourth-order valence-electron chi connectivity index (χ4n) is 2.92. The Labute approximate surface area is 186 Å². The predicted octanol–water partition coefficient (Wildman–Crippen LogP) is 5.61. The van der Waals surface area contributed by atoms with Crippen LogP contribution in [0.2, 0.25) is 5.02 Å². The summed E-state index contributed by atoms with van der Waals surface area (Å²) >= 11 is 6.29. The zero-order chi connectivity index (χ0) is 22.4. The van der Waals surface area contributed by atoms with Crippen molar-refractivity contribution in [3.05, 3.63) is 83.6 Å². The number of hydrogen-bond acceptors (Lipinski definition) is 4. The Balaban J connectivity index is 1.79. The highest BCUT2D eigenvalue weighted by molar-refractivity contribution is 6.31. The molecule has 1 aromatic heterocycles. The molecule has 0 saturated heterocycles. The first-order valence-electron chi connectivity index (χ1n) is 9.78. The molecule has 0 spiro atoms. The van der Waals surface area contributed by atoms with E-state index in [1.54, 1.807) is 69.6 Å². The Morgan fingerprint density at radius 2 is 1.55 bits per heavy atom. The summed E-state index contributed by atoms with van der Waals surface area (Å²) in [5.74, 6) is -0.435. The molecular weight excluding hydrogens is 414 g/mol. The quantitative estimate of drug-likeness (QED) is 0.543. The summed E-state index contributed by atoms with van der Waals surface area (Å²) in [6.45, 7) is 5.25. The number of rotatable bonds is 5. The molecule has 0 aliphatic heterocycles. The van der Waals surface area contributed by atoms with Gasteiger partial charge in [0.1, 0.15) is 11.6 Å². The molecule has 1 heterocycles. The van der Waals surface area contributed by atoms with Gasteiger partial charge >= 0.3 is 6.09 Å². The van der Waals surface area contributed by atoms with Crippen molar-refractivity contribution < 1.29 is 14.3 Å². The molecule has 0 saturated carbocycles. The van der Waals surface area contributed by atoms with Gasteiger partial charge in [-0.15, -0.1) is 0 Å². The smallest absolute Gasteiger partial charge is 0.408 e. The number of aromatic nitrogens is 1. The minimum Gasteiger partial charge on any atom is -0.444 e. The number of alkyl carbamates (subject to hydrolysis) is 1. The van der Waals surface area contributed by atoms with Crippen molar-refractivity contribution in [2.75, 3.05) is 5.32 Å². The monoisotopic (exact) mass is 437 g/mol. The average Bonchev–Trinajstić information content (AvgIpc) is 2.72. The minimum absolute atomic E-state index is 0.367. The molecule has 0 aliphatic carbocycles. The lowest BCUT2D eigenvalue weighted by Crippen LogP contribution is -2.40. The van der Waals surface area contributed by atoms with Crippen LogP contribution in [0.5, 0.6) is 0 Å². The maximum atomic E-state index is 13.1. The summed E-state index contributed by atoms with van der Waals surface area (Å²) in [5, 5.41) is 5.83. The van der Waals surface area contributed by atoms with Crippen LogP contribution < -0.4 is 10.6 Å². The summed E-state index contributed by atoms with van der Waals surface area (Å²) in [5.41, 5.74) is 2.38. The van der Waals surface area contributed by atoms with Crippen molar-refractivity contribution in [2.45, 2.75) is 32.4 Å². The highest BCUT2D eigenvalue weighted by Gasteiger charge is 2.27. The van der Waals surface area contributed by atoms with Crippen molar-refractivity contribution in [3.63, 3.8) is 0 Å². The molecule has 0 unspecified atom stereocenters. The second-order valence-corrected chi connectivity index (χ2v) is 8.31. The number of ether oxygens (including phenoxy) is 1. The summed E-state index contributed by atoms with van der Waals surface area (Å²) in [7, 11) is 0. The number of amides is 2. The van der Waals surface area contributed by atoms with Crippen LogP contribution in [0, 0.1) is 0 Å². The van der Waals surface area contributed by atoms with Crippen molar-refractivity contribution in [3.8, 4) is 11.1 Å². The van der Waals surface area contributed by atoms with Gasteiger partial charge in [0.2, 0.25) is 0 Å². The third-order valence-corrected chi connectivity index (χ3v) is 4.65. The van der Waals surface area contributed by atoms with Gasteiger partial charge in [-0.25, -0.2) is 4.79 Å². The van der Waals surface area contributed by atoms with E-state index >= 15 is 0 Å². The normalized spacial score (nSPS) is 12.0. The van der Waals surface area contributed by atoms with E-state index in [0.717, 1.165) is 11.1 Å². The number of pyridine rings is 1. The zero-order valence-electron chi connectivity index (χ0n) is 17.6. The molecule has 2 amide bonds. The van der Waals surface area contributed by atoms with Crippen molar-refractivity contribution in [1.29, 1.82) is 0 Å². The summed E-state index contributed by atoms with van der Waals surface area (Å²) < 4.78 is 5.32. The average molecular weight is 438 g/mol. The molecule has 3 rings (SSSR count). The Morgan fingerprint density at radius 1 is 0.935 bits per heavy atom. The van der Waals surface area contributed by atoms with E-state index < -0.39 is 23.6 Å². The van der Waals surface area contributed by atoms with E-state index in [-0.39, 0.29) is 0 Å². The van der Waals surface area contributed by atoms with Gasteiger partial charge in [0.05, 0.1) is 0 Å². The van der Waals surface area contributed by atoms with Gasteiger partial charge in [-0.05, 0) is 62.2 Å². The lowest BCUT2D eigenvalue weighted by Gasteiger charge is -2.24. The van der Waals surface area contributed by atoms with E-state index in [0.29, 0.717) is 16.3 Å². The number of nitrogens with one attached hydrogen (secondary N) is 2. The molecule has 0 fully saturated rings.